The Balaban J connectivity index is 1.76. The van der Waals surface area contributed by atoms with Gasteiger partial charge in [0.05, 0.1) is 5.02 Å². The van der Waals surface area contributed by atoms with Crippen molar-refractivity contribution in [2.45, 2.75) is 6.54 Å². The van der Waals surface area contributed by atoms with E-state index in [9.17, 15) is 0 Å². The first kappa shape index (κ1) is 13.6. The van der Waals surface area contributed by atoms with Gasteiger partial charge in [0.2, 0.25) is 0 Å². The van der Waals surface area contributed by atoms with Crippen LogP contribution in [0.1, 0.15) is 5.56 Å². The number of halogens is 2. The monoisotopic (exact) mass is 353 g/mol. The van der Waals surface area contributed by atoms with Crippen molar-refractivity contribution in [2.75, 3.05) is 18.5 Å². The second kappa shape index (κ2) is 5.94. The van der Waals surface area contributed by atoms with Crippen molar-refractivity contribution in [2.24, 2.45) is 0 Å². The van der Waals surface area contributed by atoms with Gasteiger partial charge in [-0.1, -0.05) is 23.7 Å². The number of anilines is 1. The second-order valence-electron chi connectivity index (χ2n) is 4.42. The zero-order valence-corrected chi connectivity index (χ0v) is 13.0. The first-order valence-corrected chi connectivity index (χ1v) is 7.47. The van der Waals surface area contributed by atoms with Gasteiger partial charge >= 0.3 is 0 Å². The summed E-state index contributed by atoms with van der Waals surface area (Å²) < 4.78 is 12.1. The van der Waals surface area contributed by atoms with Gasteiger partial charge in [-0.2, -0.15) is 0 Å². The second-order valence-corrected chi connectivity index (χ2v) is 5.69. The first-order valence-electron chi connectivity index (χ1n) is 6.30. The summed E-state index contributed by atoms with van der Waals surface area (Å²) in [6, 6.07) is 11.7. The standard InChI is InChI=1S/C15H13BrClNO2/c16-12-5-4-11(8-13(12)17)18-9-10-2-1-3-14-15(10)20-7-6-19-14/h1-5,8,18H,6-7,9H2. The number of ether oxygens (including phenoxy) is 2. The number of nitrogens with one attached hydrogen (secondary N) is 1. The molecule has 0 atom stereocenters. The molecule has 1 aliphatic heterocycles. The van der Waals surface area contributed by atoms with E-state index in [0.717, 1.165) is 27.2 Å². The Morgan fingerprint density at radius 1 is 1.15 bits per heavy atom. The highest BCUT2D eigenvalue weighted by molar-refractivity contribution is 9.10. The van der Waals surface area contributed by atoms with Crippen LogP contribution in [0.5, 0.6) is 11.5 Å². The number of benzene rings is 2. The molecule has 0 saturated carbocycles. The summed E-state index contributed by atoms with van der Waals surface area (Å²) in [6.45, 7) is 1.85. The largest absolute Gasteiger partial charge is 0.486 e. The average molecular weight is 355 g/mol. The normalized spacial score (nSPS) is 13.1. The lowest BCUT2D eigenvalue weighted by atomic mass is 10.1. The highest BCUT2D eigenvalue weighted by Gasteiger charge is 2.15. The number of rotatable bonds is 3. The van der Waals surface area contributed by atoms with Gasteiger partial charge in [0, 0.05) is 22.3 Å². The Hall–Kier alpha value is -1.39. The maximum atomic E-state index is 6.08. The molecule has 0 radical (unpaired) electrons. The van der Waals surface area contributed by atoms with Crippen molar-refractivity contribution < 1.29 is 9.47 Å². The zero-order chi connectivity index (χ0) is 13.9. The molecular formula is C15H13BrClNO2. The fourth-order valence-corrected chi connectivity index (χ4v) is 2.50. The Labute approximate surface area is 131 Å². The van der Waals surface area contributed by atoms with Crippen LogP contribution in [-0.2, 0) is 6.54 Å². The van der Waals surface area contributed by atoms with E-state index in [4.69, 9.17) is 21.1 Å². The maximum Gasteiger partial charge on any atom is 0.166 e. The Kier molecular flexibility index (Phi) is 4.03. The van der Waals surface area contributed by atoms with Crippen molar-refractivity contribution in [3.8, 4) is 11.5 Å². The summed E-state index contributed by atoms with van der Waals surface area (Å²) in [4.78, 5) is 0. The first-order chi connectivity index (χ1) is 9.74. The molecule has 0 saturated heterocycles. The number of para-hydroxylation sites is 1. The summed E-state index contributed by atoms with van der Waals surface area (Å²) in [5.74, 6) is 1.64. The maximum absolute atomic E-state index is 6.08. The van der Waals surface area contributed by atoms with E-state index in [1.165, 1.54) is 0 Å². The van der Waals surface area contributed by atoms with Gasteiger partial charge in [0.15, 0.2) is 11.5 Å². The molecule has 2 aromatic carbocycles. The van der Waals surface area contributed by atoms with Crippen molar-refractivity contribution >= 4 is 33.2 Å². The lowest BCUT2D eigenvalue weighted by Crippen LogP contribution is -2.17. The van der Waals surface area contributed by atoms with E-state index in [2.05, 4.69) is 21.2 Å². The SMILES string of the molecule is Clc1cc(NCc2cccc3c2OCCO3)ccc1Br. The van der Waals surface area contributed by atoms with Crippen molar-refractivity contribution in [1.82, 2.24) is 0 Å². The Bertz CT molecular complexity index is 633. The van der Waals surface area contributed by atoms with E-state index in [1.807, 2.05) is 36.4 Å². The third kappa shape index (κ3) is 2.86. The van der Waals surface area contributed by atoms with Gasteiger partial charge in [-0.05, 0) is 40.2 Å². The van der Waals surface area contributed by atoms with Crippen LogP contribution in [0.15, 0.2) is 40.9 Å². The summed E-state index contributed by atoms with van der Waals surface area (Å²) in [5.41, 5.74) is 2.04. The van der Waals surface area contributed by atoms with Gasteiger partial charge in [0.25, 0.3) is 0 Å². The molecule has 2 aromatic rings. The predicted octanol–water partition coefficient (Wildman–Crippen LogP) is 4.49. The van der Waals surface area contributed by atoms with Crippen LogP contribution in [0.25, 0.3) is 0 Å². The fraction of sp³-hybridized carbons (Fsp3) is 0.200. The average Bonchev–Trinajstić information content (AvgIpc) is 2.48. The minimum Gasteiger partial charge on any atom is -0.486 e. The Morgan fingerprint density at radius 3 is 2.85 bits per heavy atom. The van der Waals surface area contributed by atoms with Crippen LogP contribution >= 0.6 is 27.5 Å². The smallest absolute Gasteiger partial charge is 0.166 e. The van der Waals surface area contributed by atoms with E-state index < -0.39 is 0 Å². The van der Waals surface area contributed by atoms with Gasteiger partial charge in [-0.15, -0.1) is 0 Å². The van der Waals surface area contributed by atoms with E-state index in [0.29, 0.717) is 24.8 Å². The minimum atomic E-state index is 0.591. The molecule has 1 heterocycles. The van der Waals surface area contributed by atoms with Gasteiger partial charge in [-0.3, -0.25) is 0 Å². The van der Waals surface area contributed by atoms with Crippen LogP contribution in [0.2, 0.25) is 5.02 Å². The molecule has 5 heteroatoms. The number of hydrogen-bond donors (Lipinski definition) is 1. The molecule has 20 heavy (non-hydrogen) atoms. The summed E-state index contributed by atoms with van der Waals surface area (Å²) in [7, 11) is 0. The fourth-order valence-electron chi connectivity index (χ4n) is 2.08. The molecule has 1 N–H and O–H groups in total. The molecule has 104 valence electrons. The van der Waals surface area contributed by atoms with Crippen LogP contribution in [0.4, 0.5) is 5.69 Å². The summed E-state index contributed by atoms with van der Waals surface area (Å²) >= 11 is 9.46. The molecule has 0 fully saturated rings. The van der Waals surface area contributed by atoms with Crippen molar-refractivity contribution in [3.63, 3.8) is 0 Å². The number of fused-ring (bicyclic) bond motifs is 1. The molecule has 3 nitrogen and oxygen atoms in total. The molecule has 0 amide bonds. The lowest BCUT2D eigenvalue weighted by molar-refractivity contribution is 0.170. The number of hydrogen-bond acceptors (Lipinski definition) is 3. The van der Waals surface area contributed by atoms with Crippen molar-refractivity contribution in [3.05, 3.63) is 51.5 Å². The van der Waals surface area contributed by atoms with Gasteiger partial charge < -0.3 is 14.8 Å². The zero-order valence-electron chi connectivity index (χ0n) is 10.7. The summed E-state index contributed by atoms with van der Waals surface area (Å²) in [6.07, 6.45) is 0. The predicted molar refractivity (Wildman–Crippen MR) is 83.9 cm³/mol. The van der Waals surface area contributed by atoms with Crippen LogP contribution in [0.3, 0.4) is 0 Å². The third-order valence-electron chi connectivity index (χ3n) is 3.05. The van der Waals surface area contributed by atoms with E-state index in [1.54, 1.807) is 0 Å². The topological polar surface area (TPSA) is 30.5 Å². The highest BCUT2D eigenvalue weighted by Crippen LogP contribution is 2.34. The van der Waals surface area contributed by atoms with E-state index in [-0.39, 0.29) is 0 Å². The molecule has 0 aliphatic carbocycles. The molecule has 3 rings (SSSR count). The quantitative estimate of drug-likeness (QED) is 0.881. The van der Waals surface area contributed by atoms with Crippen LogP contribution in [0, 0.1) is 0 Å². The lowest BCUT2D eigenvalue weighted by Gasteiger charge is -2.21. The molecular weight excluding hydrogens is 342 g/mol. The molecule has 0 bridgehead atoms. The van der Waals surface area contributed by atoms with Crippen molar-refractivity contribution in [1.29, 1.82) is 0 Å². The third-order valence-corrected chi connectivity index (χ3v) is 4.28. The van der Waals surface area contributed by atoms with E-state index >= 15 is 0 Å². The van der Waals surface area contributed by atoms with Crippen LogP contribution < -0.4 is 14.8 Å². The molecule has 1 aliphatic rings. The Morgan fingerprint density at radius 2 is 2.00 bits per heavy atom. The van der Waals surface area contributed by atoms with Crippen LogP contribution in [-0.4, -0.2) is 13.2 Å². The molecule has 0 unspecified atom stereocenters. The molecule has 0 aromatic heterocycles. The summed E-state index contributed by atoms with van der Waals surface area (Å²) in [5, 5.41) is 4.02. The minimum absolute atomic E-state index is 0.591. The molecule has 0 spiro atoms. The highest BCUT2D eigenvalue weighted by atomic mass is 79.9. The van der Waals surface area contributed by atoms with Gasteiger partial charge in [-0.25, -0.2) is 0 Å². The van der Waals surface area contributed by atoms with Gasteiger partial charge in [0.1, 0.15) is 13.2 Å².